The molecule has 12 nitrogen and oxygen atoms in total. The third-order valence-electron chi connectivity index (χ3n) is 5.34. The maximum absolute atomic E-state index is 13.5. The van der Waals surface area contributed by atoms with Gasteiger partial charge in [0.15, 0.2) is 6.61 Å². The molecule has 38 heavy (non-hydrogen) atoms. The summed E-state index contributed by atoms with van der Waals surface area (Å²) in [5.74, 6) is -4.13. The second-order valence-electron chi connectivity index (χ2n) is 8.26. The number of primary amides is 1. The number of benzene rings is 2. The van der Waals surface area contributed by atoms with Crippen molar-refractivity contribution in [3.63, 3.8) is 0 Å². The van der Waals surface area contributed by atoms with Crippen molar-refractivity contribution in [3.8, 4) is 17.0 Å². The maximum atomic E-state index is 13.5. The fraction of sp³-hybridized carbons (Fsp3) is 0.269. The smallest absolute Gasteiger partial charge is 0.400 e. The van der Waals surface area contributed by atoms with Gasteiger partial charge in [0, 0.05) is 30.8 Å². The van der Waals surface area contributed by atoms with Gasteiger partial charge in [-0.05, 0) is 37.1 Å². The normalized spacial score (nSPS) is 12.3. The van der Waals surface area contributed by atoms with Gasteiger partial charge in [0.2, 0.25) is 0 Å². The molecule has 0 aliphatic heterocycles. The van der Waals surface area contributed by atoms with E-state index < -0.39 is 23.7 Å². The number of rotatable bonds is 12. The lowest BCUT2D eigenvalue weighted by Gasteiger charge is -2.30. The number of nitrogen functional groups attached to an aromatic ring is 1. The summed E-state index contributed by atoms with van der Waals surface area (Å²) in [6.45, 7) is 4.32. The zero-order valence-corrected chi connectivity index (χ0v) is 21.3. The number of esters is 1. The van der Waals surface area contributed by atoms with Crippen LogP contribution in [-0.2, 0) is 36.3 Å². The van der Waals surface area contributed by atoms with Crippen molar-refractivity contribution in [2.45, 2.75) is 33.2 Å². The lowest BCUT2D eigenvalue weighted by molar-refractivity contribution is -0.267. The first-order valence-electron chi connectivity index (χ1n) is 11.7. The lowest BCUT2D eigenvalue weighted by atomic mass is 10.1. The van der Waals surface area contributed by atoms with Crippen LogP contribution >= 0.6 is 0 Å². The molecule has 0 saturated carbocycles. The number of carbonyl (C=O) groups is 3. The SMILES string of the molecule is CCO[C@](OC(C)=O)(C(=O)NCc1ccc(C(=N)N)cc1)n1cc(C)c(-c2ccccc2OCC(N)=O)n1. The van der Waals surface area contributed by atoms with Crippen molar-refractivity contribution in [3.05, 3.63) is 71.4 Å². The number of para-hydroxylation sites is 1. The van der Waals surface area contributed by atoms with E-state index in [4.69, 9.17) is 31.1 Å². The van der Waals surface area contributed by atoms with Gasteiger partial charge in [-0.3, -0.25) is 19.8 Å². The van der Waals surface area contributed by atoms with Crippen LogP contribution in [0.1, 0.15) is 30.5 Å². The molecule has 200 valence electrons. The van der Waals surface area contributed by atoms with E-state index in [2.05, 4.69) is 10.4 Å². The Morgan fingerprint density at radius 2 is 1.79 bits per heavy atom. The van der Waals surface area contributed by atoms with Crippen LogP contribution in [0.25, 0.3) is 11.3 Å². The van der Waals surface area contributed by atoms with Gasteiger partial charge in [-0.25, -0.2) is 0 Å². The van der Waals surface area contributed by atoms with Crippen molar-refractivity contribution < 1.29 is 28.6 Å². The zero-order valence-electron chi connectivity index (χ0n) is 21.3. The number of aromatic nitrogens is 2. The molecule has 12 heteroatoms. The number of amides is 2. The van der Waals surface area contributed by atoms with Crippen LogP contribution in [0.15, 0.2) is 54.7 Å². The minimum absolute atomic E-state index is 0.0144. The largest absolute Gasteiger partial charge is 0.483 e. The van der Waals surface area contributed by atoms with Crippen LogP contribution in [0.5, 0.6) is 5.75 Å². The van der Waals surface area contributed by atoms with E-state index in [1.54, 1.807) is 62.4 Å². The highest BCUT2D eigenvalue weighted by Gasteiger charge is 2.47. The molecule has 2 aromatic carbocycles. The number of hydrogen-bond donors (Lipinski definition) is 4. The van der Waals surface area contributed by atoms with E-state index in [-0.39, 0.29) is 25.6 Å². The standard InChI is InChI=1S/C26H30N6O6/c1-4-37-26(38-17(3)33,25(35)30-13-18-9-11-19(12-10-18)24(28)29)32-14-16(2)23(31-32)20-7-5-6-8-21(20)36-15-22(27)34/h5-12,14H,4,13,15H2,1-3H3,(H2,27,34)(H3,28,29)(H,30,35)/t26-/m0/s1. The average molecular weight is 523 g/mol. The molecule has 3 aromatic rings. The van der Waals surface area contributed by atoms with Gasteiger partial charge in [0.25, 0.3) is 5.91 Å². The number of nitrogens with one attached hydrogen (secondary N) is 2. The molecule has 6 N–H and O–H groups in total. The third kappa shape index (κ3) is 6.34. The maximum Gasteiger partial charge on any atom is 0.400 e. The Morgan fingerprint density at radius 3 is 2.39 bits per heavy atom. The molecule has 0 aliphatic carbocycles. The summed E-state index contributed by atoms with van der Waals surface area (Å²) in [4.78, 5) is 36.9. The zero-order chi connectivity index (χ0) is 27.9. The van der Waals surface area contributed by atoms with Crippen LogP contribution in [0.4, 0.5) is 0 Å². The minimum atomic E-state index is -2.24. The summed E-state index contributed by atoms with van der Waals surface area (Å²) in [5, 5.41) is 14.8. The highest BCUT2D eigenvalue weighted by molar-refractivity contribution is 5.94. The first kappa shape index (κ1) is 27.9. The van der Waals surface area contributed by atoms with E-state index >= 15 is 0 Å². The topological polar surface area (TPSA) is 185 Å². The fourth-order valence-electron chi connectivity index (χ4n) is 3.66. The molecule has 1 aromatic heterocycles. The number of carbonyl (C=O) groups excluding carboxylic acids is 3. The first-order chi connectivity index (χ1) is 18.1. The number of hydrogen-bond acceptors (Lipinski definition) is 8. The monoisotopic (exact) mass is 522 g/mol. The molecule has 0 spiro atoms. The molecular weight excluding hydrogens is 492 g/mol. The van der Waals surface area contributed by atoms with Crippen molar-refractivity contribution in [2.75, 3.05) is 13.2 Å². The molecule has 0 bridgehead atoms. The number of aryl methyl sites for hydroxylation is 1. The van der Waals surface area contributed by atoms with E-state index in [1.165, 1.54) is 6.20 Å². The quantitative estimate of drug-likeness (QED) is 0.119. The summed E-state index contributed by atoms with van der Waals surface area (Å²) in [7, 11) is 0. The molecule has 0 fully saturated rings. The van der Waals surface area contributed by atoms with Gasteiger partial charge in [0.1, 0.15) is 11.6 Å². The van der Waals surface area contributed by atoms with Gasteiger partial charge in [-0.15, -0.1) is 0 Å². The highest BCUT2D eigenvalue weighted by atomic mass is 16.7. The van der Waals surface area contributed by atoms with E-state index in [0.717, 1.165) is 17.2 Å². The summed E-state index contributed by atoms with van der Waals surface area (Å²) in [5.41, 5.74) is 13.5. The van der Waals surface area contributed by atoms with Crippen molar-refractivity contribution >= 4 is 23.6 Å². The Labute approximate surface area is 219 Å². The molecule has 1 atom stereocenters. The second-order valence-corrected chi connectivity index (χ2v) is 8.26. The Hall–Kier alpha value is -4.71. The number of ether oxygens (including phenoxy) is 3. The number of nitrogens with two attached hydrogens (primary N) is 2. The van der Waals surface area contributed by atoms with E-state index in [0.29, 0.717) is 28.1 Å². The molecule has 3 rings (SSSR count). The molecule has 1 heterocycles. The summed E-state index contributed by atoms with van der Waals surface area (Å²) >= 11 is 0. The summed E-state index contributed by atoms with van der Waals surface area (Å²) in [6.07, 6.45) is 1.51. The van der Waals surface area contributed by atoms with E-state index in [9.17, 15) is 14.4 Å². The molecule has 0 aliphatic rings. The fourth-order valence-corrected chi connectivity index (χ4v) is 3.66. The predicted molar refractivity (Wildman–Crippen MR) is 138 cm³/mol. The number of nitrogens with zero attached hydrogens (tertiary/aromatic N) is 2. The molecular formula is C26H30N6O6. The van der Waals surface area contributed by atoms with Gasteiger partial charge in [0.05, 0.1) is 12.3 Å². The lowest BCUT2D eigenvalue weighted by Crippen LogP contribution is -2.53. The van der Waals surface area contributed by atoms with Crippen LogP contribution in [0.3, 0.4) is 0 Å². The van der Waals surface area contributed by atoms with E-state index in [1.807, 2.05) is 0 Å². The second kappa shape index (κ2) is 12.0. The number of amidine groups is 1. The highest BCUT2D eigenvalue weighted by Crippen LogP contribution is 2.33. The van der Waals surface area contributed by atoms with Crippen LogP contribution < -0.4 is 21.5 Å². The first-order valence-corrected chi connectivity index (χ1v) is 11.7. The minimum Gasteiger partial charge on any atom is -0.483 e. The average Bonchev–Trinajstić information content (AvgIpc) is 3.27. The molecule has 0 unspecified atom stereocenters. The molecule has 2 amide bonds. The Balaban J connectivity index is 1.98. The van der Waals surface area contributed by atoms with Gasteiger partial charge >= 0.3 is 17.8 Å². The molecule has 0 saturated heterocycles. The van der Waals surface area contributed by atoms with Crippen LogP contribution in [-0.4, -0.2) is 46.6 Å². The summed E-state index contributed by atoms with van der Waals surface area (Å²) in [6, 6.07) is 13.6. The van der Waals surface area contributed by atoms with Crippen molar-refractivity contribution in [1.82, 2.24) is 15.1 Å². The van der Waals surface area contributed by atoms with Crippen molar-refractivity contribution in [2.24, 2.45) is 11.5 Å². The van der Waals surface area contributed by atoms with Gasteiger partial charge < -0.3 is 31.0 Å². The predicted octanol–water partition coefficient (Wildman–Crippen LogP) is 1.53. The Morgan fingerprint density at radius 1 is 1.11 bits per heavy atom. The third-order valence-corrected chi connectivity index (χ3v) is 5.34. The Bertz CT molecular complexity index is 1340. The van der Waals surface area contributed by atoms with Gasteiger partial charge in [-0.2, -0.15) is 9.78 Å². The van der Waals surface area contributed by atoms with Crippen LogP contribution in [0.2, 0.25) is 0 Å². The Kier molecular flexibility index (Phi) is 8.81. The molecule has 0 radical (unpaired) electrons. The van der Waals surface area contributed by atoms with Gasteiger partial charge in [-0.1, -0.05) is 36.4 Å². The van der Waals surface area contributed by atoms with Crippen LogP contribution in [0, 0.1) is 12.3 Å². The van der Waals surface area contributed by atoms with Crippen molar-refractivity contribution in [1.29, 1.82) is 5.41 Å². The summed E-state index contributed by atoms with van der Waals surface area (Å²) < 4.78 is 17.9.